The largest absolute Gasteiger partial charge is 0.497 e. The highest BCUT2D eigenvalue weighted by Gasteiger charge is 2.21. The highest BCUT2D eigenvalue weighted by molar-refractivity contribution is 6.36. The van der Waals surface area contributed by atoms with Gasteiger partial charge >= 0.3 is 5.97 Å². The van der Waals surface area contributed by atoms with Crippen LogP contribution in [0.4, 0.5) is 0 Å². The summed E-state index contributed by atoms with van der Waals surface area (Å²) in [4.78, 5) is 35.7. The summed E-state index contributed by atoms with van der Waals surface area (Å²) < 4.78 is 26.7. The molecule has 194 valence electrons. The number of hydrogen-bond acceptors (Lipinski definition) is 8. The van der Waals surface area contributed by atoms with Crippen LogP contribution in [0.5, 0.6) is 23.0 Å². The standard InChI is InChI=1S/C27H26ClNO8/c1-33-19-8-4-17(5-9-19)15-36-23-13-12-21(26(31)29-14-22(30)27(32)35-3)24(28)25(23)37-16-18-6-10-20(34-2)11-7-18/h4-13H,14-16H2,1-3H3,(H,29,31). The lowest BCUT2D eigenvalue weighted by Crippen LogP contribution is -2.33. The SMILES string of the molecule is COC(=O)C(=O)CNC(=O)c1ccc(OCc2ccc(OC)cc2)c(OCc2ccc(OC)cc2)c1Cl. The maximum atomic E-state index is 12.7. The average molecular weight is 528 g/mol. The Kier molecular flexibility index (Phi) is 9.74. The van der Waals surface area contributed by atoms with Crippen molar-refractivity contribution in [2.45, 2.75) is 13.2 Å². The summed E-state index contributed by atoms with van der Waals surface area (Å²) in [5.41, 5.74) is 1.75. The quantitative estimate of drug-likeness (QED) is 0.278. The molecule has 0 fully saturated rings. The van der Waals surface area contributed by atoms with E-state index in [0.717, 1.165) is 24.0 Å². The highest BCUT2D eigenvalue weighted by atomic mass is 35.5. The van der Waals surface area contributed by atoms with Gasteiger partial charge in [-0.05, 0) is 47.5 Å². The number of hydrogen-bond donors (Lipinski definition) is 1. The third kappa shape index (κ3) is 7.37. The molecule has 3 rings (SSSR count). The van der Waals surface area contributed by atoms with Crippen molar-refractivity contribution < 1.29 is 38.1 Å². The topological polar surface area (TPSA) is 109 Å². The van der Waals surface area contributed by atoms with E-state index in [-0.39, 0.29) is 29.5 Å². The second-order valence-corrected chi connectivity index (χ2v) is 8.00. The first kappa shape index (κ1) is 27.3. The van der Waals surface area contributed by atoms with Crippen molar-refractivity contribution in [3.8, 4) is 23.0 Å². The number of esters is 1. The molecular formula is C27H26ClNO8. The third-order valence-electron chi connectivity index (χ3n) is 5.22. The molecule has 0 atom stereocenters. The third-order valence-corrected chi connectivity index (χ3v) is 5.60. The Labute approximate surface area is 219 Å². The van der Waals surface area contributed by atoms with E-state index in [0.29, 0.717) is 11.5 Å². The smallest absolute Gasteiger partial charge is 0.376 e. The maximum Gasteiger partial charge on any atom is 0.376 e. The van der Waals surface area contributed by atoms with E-state index in [1.807, 2.05) is 36.4 Å². The number of ether oxygens (including phenoxy) is 5. The van der Waals surface area contributed by atoms with Crippen molar-refractivity contribution in [2.24, 2.45) is 0 Å². The molecule has 0 saturated carbocycles. The van der Waals surface area contributed by atoms with Crippen LogP contribution in [-0.2, 0) is 27.5 Å². The van der Waals surface area contributed by atoms with E-state index in [1.54, 1.807) is 32.4 Å². The van der Waals surface area contributed by atoms with Crippen molar-refractivity contribution in [1.82, 2.24) is 5.32 Å². The summed E-state index contributed by atoms with van der Waals surface area (Å²) in [5, 5.41) is 2.35. The number of rotatable bonds is 12. The minimum Gasteiger partial charge on any atom is -0.497 e. The van der Waals surface area contributed by atoms with Crippen LogP contribution in [0.25, 0.3) is 0 Å². The summed E-state index contributed by atoms with van der Waals surface area (Å²) in [5.74, 6) is -0.742. The van der Waals surface area contributed by atoms with Gasteiger partial charge in [0.15, 0.2) is 11.5 Å². The zero-order chi connectivity index (χ0) is 26.8. The number of carbonyl (C=O) groups is 3. The first-order chi connectivity index (χ1) is 17.9. The van der Waals surface area contributed by atoms with Gasteiger partial charge in [-0.15, -0.1) is 0 Å². The molecule has 0 aliphatic rings. The first-order valence-corrected chi connectivity index (χ1v) is 11.5. The van der Waals surface area contributed by atoms with Gasteiger partial charge in [-0.3, -0.25) is 9.59 Å². The van der Waals surface area contributed by atoms with Gasteiger partial charge in [-0.1, -0.05) is 35.9 Å². The Morgan fingerprint density at radius 2 is 1.30 bits per heavy atom. The van der Waals surface area contributed by atoms with Gasteiger partial charge in [0.25, 0.3) is 11.7 Å². The molecule has 0 aliphatic heterocycles. The Morgan fingerprint density at radius 3 is 1.81 bits per heavy atom. The van der Waals surface area contributed by atoms with E-state index >= 15 is 0 Å². The Balaban J connectivity index is 1.82. The van der Waals surface area contributed by atoms with Crippen molar-refractivity contribution in [1.29, 1.82) is 0 Å². The van der Waals surface area contributed by atoms with E-state index in [4.69, 9.17) is 30.5 Å². The first-order valence-electron chi connectivity index (χ1n) is 11.1. The number of benzene rings is 3. The number of Topliss-reactive ketones (excluding diaryl/α,β-unsaturated/α-hetero) is 1. The van der Waals surface area contributed by atoms with Gasteiger partial charge in [0.1, 0.15) is 24.7 Å². The van der Waals surface area contributed by atoms with Gasteiger partial charge in [0, 0.05) is 0 Å². The number of amides is 1. The van der Waals surface area contributed by atoms with Crippen LogP contribution in [0.1, 0.15) is 21.5 Å². The summed E-state index contributed by atoms with van der Waals surface area (Å²) in [6, 6.07) is 17.6. The van der Waals surface area contributed by atoms with Crippen LogP contribution >= 0.6 is 11.6 Å². The minimum atomic E-state index is -1.06. The molecule has 1 N–H and O–H groups in total. The number of ketones is 1. The molecule has 0 aliphatic carbocycles. The lowest BCUT2D eigenvalue weighted by Gasteiger charge is -2.17. The fourth-order valence-corrected chi connectivity index (χ4v) is 3.46. The van der Waals surface area contributed by atoms with Crippen molar-refractivity contribution in [3.63, 3.8) is 0 Å². The molecule has 0 aromatic heterocycles. The molecule has 0 saturated heterocycles. The van der Waals surface area contributed by atoms with Crippen LogP contribution in [0.2, 0.25) is 5.02 Å². The fourth-order valence-electron chi connectivity index (χ4n) is 3.16. The maximum absolute atomic E-state index is 12.7. The van der Waals surface area contributed by atoms with Gasteiger partial charge in [0.05, 0.1) is 38.5 Å². The van der Waals surface area contributed by atoms with E-state index < -0.39 is 24.2 Å². The summed E-state index contributed by atoms with van der Waals surface area (Å²) >= 11 is 6.57. The average Bonchev–Trinajstić information content (AvgIpc) is 2.94. The van der Waals surface area contributed by atoms with Crippen LogP contribution < -0.4 is 24.3 Å². The summed E-state index contributed by atoms with van der Waals surface area (Å²) in [6.45, 7) is -0.202. The molecular weight excluding hydrogens is 502 g/mol. The molecule has 37 heavy (non-hydrogen) atoms. The van der Waals surface area contributed by atoms with Crippen molar-refractivity contribution >= 4 is 29.3 Å². The summed E-state index contributed by atoms with van der Waals surface area (Å²) in [7, 11) is 4.24. The predicted octanol–water partition coefficient (Wildman–Crippen LogP) is 3.99. The lowest BCUT2D eigenvalue weighted by atomic mass is 10.1. The molecule has 0 bridgehead atoms. The number of carbonyl (C=O) groups excluding carboxylic acids is 3. The summed E-state index contributed by atoms with van der Waals surface area (Å²) in [6.07, 6.45) is 0. The Morgan fingerprint density at radius 1 is 0.757 bits per heavy atom. The number of nitrogens with one attached hydrogen (secondary N) is 1. The van der Waals surface area contributed by atoms with Gasteiger partial charge in [0.2, 0.25) is 0 Å². The molecule has 0 heterocycles. The molecule has 0 radical (unpaired) electrons. The van der Waals surface area contributed by atoms with Crippen LogP contribution in [0.15, 0.2) is 60.7 Å². The monoisotopic (exact) mass is 527 g/mol. The Bertz CT molecular complexity index is 1240. The van der Waals surface area contributed by atoms with Crippen LogP contribution in [-0.4, -0.2) is 45.5 Å². The van der Waals surface area contributed by atoms with Crippen LogP contribution in [0, 0.1) is 0 Å². The number of methoxy groups -OCH3 is 3. The predicted molar refractivity (Wildman–Crippen MR) is 135 cm³/mol. The zero-order valence-corrected chi connectivity index (χ0v) is 21.3. The van der Waals surface area contributed by atoms with E-state index in [9.17, 15) is 14.4 Å². The van der Waals surface area contributed by atoms with Gasteiger partial charge < -0.3 is 29.0 Å². The van der Waals surface area contributed by atoms with Crippen LogP contribution in [0.3, 0.4) is 0 Å². The van der Waals surface area contributed by atoms with Crippen molar-refractivity contribution in [3.05, 3.63) is 82.4 Å². The second-order valence-electron chi connectivity index (χ2n) is 7.63. The van der Waals surface area contributed by atoms with E-state index in [2.05, 4.69) is 10.1 Å². The molecule has 3 aromatic rings. The highest BCUT2D eigenvalue weighted by Crippen LogP contribution is 2.39. The molecule has 0 spiro atoms. The normalized spacial score (nSPS) is 10.3. The zero-order valence-electron chi connectivity index (χ0n) is 20.5. The molecule has 9 nitrogen and oxygen atoms in total. The lowest BCUT2D eigenvalue weighted by molar-refractivity contribution is -0.151. The van der Waals surface area contributed by atoms with Crippen molar-refractivity contribution in [2.75, 3.05) is 27.9 Å². The fraction of sp³-hybridized carbons (Fsp3) is 0.222. The molecule has 1 amide bonds. The van der Waals surface area contributed by atoms with Gasteiger partial charge in [-0.2, -0.15) is 0 Å². The molecule has 10 heteroatoms. The van der Waals surface area contributed by atoms with E-state index in [1.165, 1.54) is 6.07 Å². The molecule has 3 aromatic carbocycles. The second kappa shape index (κ2) is 13.2. The van der Waals surface area contributed by atoms with Gasteiger partial charge in [-0.25, -0.2) is 4.79 Å². The molecule has 0 unspecified atom stereocenters. The Hall–Kier alpha value is -4.24. The number of halogens is 1. The minimum absolute atomic E-state index is 0.0104.